The van der Waals surface area contributed by atoms with Gasteiger partial charge in [0.2, 0.25) is 0 Å². The summed E-state index contributed by atoms with van der Waals surface area (Å²) in [5, 5.41) is 7.89. The van der Waals surface area contributed by atoms with Crippen molar-refractivity contribution in [3.63, 3.8) is 0 Å². The van der Waals surface area contributed by atoms with Crippen LogP contribution in [0, 0.1) is 0 Å². The van der Waals surface area contributed by atoms with Gasteiger partial charge >= 0.3 is 0 Å². The summed E-state index contributed by atoms with van der Waals surface area (Å²) < 4.78 is 1.93. The second kappa shape index (κ2) is 6.96. The van der Waals surface area contributed by atoms with Crippen LogP contribution in [0.5, 0.6) is 0 Å². The number of benzene rings is 1. The smallest absolute Gasteiger partial charge is 0.274 e. The summed E-state index contributed by atoms with van der Waals surface area (Å²) in [5.74, 6) is -0.0381. The third-order valence-corrected chi connectivity index (χ3v) is 4.66. The first-order chi connectivity index (χ1) is 11.2. The van der Waals surface area contributed by atoms with E-state index in [2.05, 4.69) is 10.4 Å². The number of amides is 1. The molecule has 0 radical (unpaired) electrons. The van der Waals surface area contributed by atoms with Gasteiger partial charge in [0.15, 0.2) is 0 Å². The van der Waals surface area contributed by atoms with Crippen LogP contribution < -0.4 is 5.32 Å². The quantitative estimate of drug-likeness (QED) is 0.944. The van der Waals surface area contributed by atoms with Crippen LogP contribution >= 0.6 is 0 Å². The SMILES string of the molecule is CC(c1ccccc1)N(C)C(=O)c1ccn(C2CCCNC2)n1. The Bertz CT molecular complexity index is 646. The molecule has 1 aromatic heterocycles. The summed E-state index contributed by atoms with van der Waals surface area (Å²) in [6.45, 7) is 4.03. The van der Waals surface area contributed by atoms with Gasteiger partial charge in [0, 0.05) is 19.8 Å². The maximum absolute atomic E-state index is 12.7. The summed E-state index contributed by atoms with van der Waals surface area (Å²) in [6.07, 6.45) is 4.18. The highest BCUT2D eigenvalue weighted by Gasteiger charge is 2.22. The summed E-state index contributed by atoms with van der Waals surface area (Å²) >= 11 is 0. The molecule has 0 bridgehead atoms. The Kier molecular flexibility index (Phi) is 4.76. The van der Waals surface area contributed by atoms with Crippen molar-refractivity contribution in [3.05, 3.63) is 53.9 Å². The molecule has 1 fully saturated rings. The molecule has 1 N–H and O–H groups in total. The van der Waals surface area contributed by atoms with E-state index in [0.29, 0.717) is 11.7 Å². The van der Waals surface area contributed by atoms with E-state index in [0.717, 1.165) is 31.5 Å². The zero-order chi connectivity index (χ0) is 16.2. The van der Waals surface area contributed by atoms with Crippen molar-refractivity contribution in [2.45, 2.75) is 31.8 Å². The van der Waals surface area contributed by atoms with E-state index in [-0.39, 0.29) is 11.9 Å². The molecule has 0 aliphatic carbocycles. The number of carbonyl (C=O) groups is 1. The number of hydrogen-bond acceptors (Lipinski definition) is 3. The first-order valence-electron chi connectivity index (χ1n) is 8.25. The van der Waals surface area contributed by atoms with Crippen LogP contribution in [0.25, 0.3) is 0 Å². The monoisotopic (exact) mass is 312 g/mol. The van der Waals surface area contributed by atoms with Crippen molar-refractivity contribution in [1.82, 2.24) is 20.0 Å². The Morgan fingerprint density at radius 3 is 2.83 bits per heavy atom. The van der Waals surface area contributed by atoms with Crippen molar-refractivity contribution >= 4 is 5.91 Å². The third kappa shape index (κ3) is 3.45. The van der Waals surface area contributed by atoms with Crippen molar-refractivity contribution < 1.29 is 4.79 Å². The minimum Gasteiger partial charge on any atom is -0.334 e. The predicted octanol–water partition coefficient (Wildman–Crippen LogP) is 2.64. The van der Waals surface area contributed by atoms with E-state index in [1.165, 1.54) is 0 Å². The molecular formula is C18H24N4O. The summed E-state index contributed by atoms with van der Waals surface area (Å²) in [5.41, 5.74) is 1.64. The molecule has 0 spiro atoms. The zero-order valence-electron chi connectivity index (χ0n) is 13.8. The normalized spacial score (nSPS) is 19.3. The van der Waals surface area contributed by atoms with Gasteiger partial charge in [-0.2, -0.15) is 5.10 Å². The lowest BCUT2D eigenvalue weighted by atomic mass is 10.1. The van der Waals surface area contributed by atoms with E-state index in [4.69, 9.17) is 0 Å². The molecule has 1 saturated heterocycles. The highest BCUT2D eigenvalue weighted by molar-refractivity contribution is 5.92. The molecular weight excluding hydrogens is 288 g/mol. The van der Waals surface area contributed by atoms with Crippen molar-refractivity contribution in [1.29, 1.82) is 0 Å². The maximum Gasteiger partial charge on any atom is 0.274 e. The van der Waals surface area contributed by atoms with Gasteiger partial charge in [0.05, 0.1) is 12.1 Å². The molecule has 0 saturated carbocycles. The highest BCUT2D eigenvalue weighted by atomic mass is 16.2. The number of rotatable bonds is 4. The second-order valence-electron chi connectivity index (χ2n) is 6.18. The van der Waals surface area contributed by atoms with Gasteiger partial charge in [0.25, 0.3) is 5.91 Å². The van der Waals surface area contributed by atoms with Crippen LogP contribution in [-0.4, -0.2) is 40.7 Å². The molecule has 2 aromatic rings. The van der Waals surface area contributed by atoms with Gasteiger partial charge < -0.3 is 10.2 Å². The van der Waals surface area contributed by atoms with Gasteiger partial charge in [-0.3, -0.25) is 9.48 Å². The van der Waals surface area contributed by atoms with Crippen molar-refractivity contribution in [2.75, 3.05) is 20.1 Å². The van der Waals surface area contributed by atoms with E-state index in [1.807, 2.05) is 61.2 Å². The molecule has 5 nitrogen and oxygen atoms in total. The van der Waals surface area contributed by atoms with Crippen LogP contribution in [0.4, 0.5) is 0 Å². The third-order valence-electron chi connectivity index (χ3n) is 4.66. The van der Waals surface area contributed by atoms with Crippen LogP contribution in [0.15, 0.2) is 42.6 Å². The fraction of sp³-hybridized carbons (Fsp3) is 0.444. The average Bonchev–Trinajstić information content (AvgIpc) is 3.11. The minimum atomic E-state index is -0.0381. The topological polar surface area (TPSA) is 50.2 Å². The van der Waals surface area contributed by atoms with E-state index in [1.54, 1.807) is 4.90 Å². The fourth-order valence-electron chi connectivity index (χ4n) is 3.03. The lowest BCUT2D eigenvalue weighted by molar-refractivity contribution is 0.0735. The number of carbonyl (C=O) groups excluding carboxylic acids is 1. The second-order valence-corrected chi connectivity index (χ2v) is 6.18. The molecule has 1 aliphatic heterocycles. The predicted molar refractivity (Wildman–Crippen MR) is 90.3 cm³/mol. The summed E-state index contributed by atoms with van der Waals surface area (Å²) in [6, 6.07) is 12.3. The van der Waals surface area contributed by atoms with Gasteiger partial charge in [-0.05, 0) is 37.9 Å². The summed E-state index contributed by atoms with van der Waals surface area (Å²) in [7, 11) is 1.83. The molecule has 3 rings (SSSR count). The first kappa shape index (κ1) is 15.7. The molecule has 2 unspecified atom stereocenters. The Morgan fingerprint density at radius 1 is 1.35 bits per heavy atom. The Labute approximate surface area is 137 Å². The van der Waals surface area contributed by atoms with Crippen LogP contribution in [-0.2, 0) is 0 Å². The zero-order valence-corrected chi connectivity index (χ0v) is 13.8. The molecule has 1 aromatic carbocycles. The lowest BCUT2D eigenvalue weighted by Crippen LogP contribution is -2.33. The van der Waals surface area contributed by atoms with Crippen molar-refractivity contribution in [2.24, 2.45) is 0 Å². The van der Waals surface area contributed by atoms with Gasteiger partial charge in [-0.1, -0.05) is 30.3 Å². The molecule has 23 heavy (non-hydrogen) atoms. The molecule has 2 heterocycles. The highest BCUT2D eigenvalue weighted by Crippen LogP contribution is 2.21. The molecule has 1 amide bonds. The Hall–Kier alpha value is -2.14. The largest absolute Gasteiger partial charge is 0.334 e. The Balaban J connectivity index is 1.71. The van der Waals surface area contributed by atoms with Gasteiger partial charge in [-0.15, -0.1) is 0 Å². The summed E-state index contributed by atoms with van der Waals surface area (Å²) in [4.78, 5) is 14.4. The van der Waals surface area contributed by atoms with E-state index < -0.39 is 0 Å². The van der Waals surface area contributed by atoms with Gasteiger partial charge in [-0.25, -0.2) is 0 Å². The van der Waals surface area contributed by atoms with E-state index in [9.17, 15) is 4.79 Å². The van der Waals surface area contributed by atoms with Crippen LogP contribution in [0.2, 0.25) is 0 Å². The minimum absolute atomic E-state index is 0.0187. The number of hydrogen-bond donors (Lipinski definition) is 1. The fourth-order valence-corrected chi connectivity index (χ4v) is 3.03. The van der Waals surface area contributed by atoms with Gasteiger partial charge in [0.1, 0.15) is 5.69 Å². The maximum atomic E-state index is 12.7. The first-order valence-corrected chi connectivity index (χ1v) is 8.25. The number of piperidine rings is 1. The molecule has 2 atom stereocenters. The molecule has 1 aliphatic rings. The lowest BCUT2D eigenvalue weighted by Gasteiger charge is -2.25. The van der Waals surface area contributed by atoms with Crippen LogP contribution in [0.1, 0.15) is 47.9 Å². The molecule has 5 heteroatoms. The number of nitrogens with one attached hydrogen (secondary N) is 1. The van der Waals surface area contributed by atoms with E-state index >= 15 is 0 Å². The standard InChI is InChI=1S/C18H24N4O/c1-14(15-7-4-3-5-8-15)21(2)18(23)17-10-12-22(20-17)16-9-6-11-19-13-16/h3-5,7-8,10,12,14,16,19H,6,9,11,13H2,1-2H3. The molecule has 122 valence electrons. The van der Waals surface area contributed by atoms with Crippen LogP contribution in [0.3, 0.4) is 0 Å². The Morgan fingerprint density at radius 2 is 2.13 bits per heavy atom. The number of aromatic nitrogens is 2. The number of nitrogens with zero attached hydrogens (tertiary/aromatic N) is 3. The average molecular weight is 312 g/mol. The van der Waals surface area contributed by atoms with Crippen molar-refractivity contribution in [3.8, 4) is 0 Å².